The van der Waals surface area contributed by atoms with E-state index in [1.165, 1.54) is 26.5 Å². The molecule has 0 spiro atoms. The predicted molar refractivity (Wildman–Crippen MR) is 76.6 cm³/mol. The van der Waals surface area contributed by atoms with Gasteiger partial charge in [-0.25, -0.2) is 9.78 Å². The summed E-state index contributed by atoms with van der Waals surface area (Å²) in [5, 5.41) is 3.41. The van der Waals surface area contributed by atoms with E-state index in [4.69, 9.17) is 10.5 Å². The van der Waals surface area contributed by atoms with Crippen molar-refractivity contribution in [3.8, 4) is 0 Å². The maximum absolute atomic E-state index is 11.5. The summed E-state index contributed by atoms with van der Waals surface area (Å²) < 4.78 is 4.69. The van der Waals surface area contributed by atoms with Gasteiger partial charge in [0.15, 0.2) is 5.69 Å². The summed E-state index contributed by atoms with van der Waals surface area (Å²) in [6.45, 7) is 2.31. The second-order valence-corrected chi connectivity index (χ2v) is 5.41. The highest BCUT2D eigenvalue weighted by Crippen LogP contribution is 2.30. The Morgan fingerprint density at radius 2 is 2.30 bits per heavy atom. The van der Waals surface area contributed by atoms with Crippen LogP contribution >= 0.6 is 0 Å². The molecule has 0 saturated carbocycles. The third-order valence-corrected chi connectivity index (χ3v) is 4.25. The molecule has 108 valence electrons. The summed E-state index contributed by atoms with van der Waals surface area (Å²) in [5.41, 5.74) is 6.80. The normalized spacial score (nSPS) is 25.4. The molecule has 2 aliphatic heterocycles. The Morgan fingerprint density at radius 3 is 3.10 bits per heavy atom. The average molecular weight is 276 g/mol. The molecule has 2 aliphatic rings. The predicted octanol–water partition coefficient (Wildman–Crippen LogP) is 1.10. The number of nitrogens with one attached hydrogen (secondary N) is 1. The minimum Gasteiger partial charge on any atom is -0.464 e. The lowest BCUT2D eigenvalue weighted by Gasteiger charge is -2.22. The molecule has 2 saturated heterocycles. The highest BCUT2D eigenvalue weighted by molar-refractivity contribution is 5.88. The SMILES string of the molecule is COC(=O)c1ccc(N)c(NC2CCN3CCCC23)n1. The molecule has 1 aromatic heterocycles. The Balaban J connectivity index is 1.78. The van der Waals surface area contributed by atoms with E-state index in [-0.39, 0.29) is 5.69 Å². The molecule has 3 rings (SSSR count). The van der Waals surface area contributed by atoms with Crippen molar-refractivity contribution in [2.24, 2.45) is 0 Å². The van der Waals surface area contributed by atoms with Crippen LogP contribution in [0.25, 0.3) is 0 Å². The molecule has 0 radical (unpaired) electrons. The van der Waals surface area contributed by atoms with Gasteiger partial charge in [0.05, 0.1) is 12.8 Å². The molecule has 6 nitrogen and oxygen atoms in total. The Labute approximate surface area is 118 Å². The van der Waals surface area contributed by atoms with Gasteiger partial charge in [-0.05, 0) is 37.9 Å². The second kappa shape index (κ2) is 5.28. The summed E-state index contributed by atoms with van der Waals surface area (Å²) in [6, 6.07) is 4.21. The van der Waals surface area contributed by atoms with Crippen molar-refractivity contribution in [1.29, 1.82) is 0 Å². The van der Waals surface area contributed by atoms with Crippen LogP contribution in [0.15, 0.2) is 12.1 Å². The van der Waals surface area contributed by atoms with Gasteiger partial charge in [0.2, 0.25) is 0 Å². The maximum atomic E-state index is 11.5. The fraction of sp³-hybridized carbons (Fsp3) is 0.571. The molecular weight excluding hydrogens is 256 g/mol. The van der Waals surface area contributed by atoms with Gasteiger partial charge in [0, 0.05) is 18.6 Å². The van der Waals surface area contributed by atoms with E-state index < -0.39 is 5.97 Å². The lowest BCUT2D eigenvalue weighted by Crippen LogP contribution is -2.34. The van der Waals surface area contributed by atoms with Crippen molar-refractivity contribution in [3.63, 3.8) is 0 Å². The van der Waals surface area contributed by atoms with Gasteiger partial charge in [-0.15, -0.1) is 0 Å². The monoisotopic (exact) mass is 276 g/mol. The number of hydrogen-bond donors (Lipinski definition) is 2. The van der Waals surface area contributed by atoms with Crippen LogP contribution < -0.4 is 11.1 Å². The number of nitrogens with zero attached hydrogens (tertiary/aromatic N) is 2. The number of carbonyl (C=O) groups is 1. The molecule has 3 N–H and O–H groups in total. The van der Waals surface area contributed by atoms with Crippen LogP contribution in [0.3, 0.4) is 0 Å². The molecule has 2 fully saturated rings. The molecule has 1 aromatic rings. The van der Waals surface area contributed by atoms with Gasteiger partial charge in [-0.1, -0.05) is 0 Å². The summed E-state index contributed by atoms with van der Waals surface area (Å²) in [7, 11) is 1.35. The number of ether oxygens (including phenoxy) is 1. The zero-order valence-corrected chi connectivity index (χ0v) is 11.6. The molecule has 20 heavy (non-hydrogen) atoms. The summed E-state index contributed by atoms with van der Waals surface area (Å²) in [6.07, 6.45) is 3.57. The third-order valence-electron chi connectivity index (χ3n) is 4.25. The highest BCUT2D eigenvalue weighted by Gasteiger charge is 2.37. The zero-order chi connectivity index (χ0) is 14.1. The average Bonchev–Trinajstić information content (AvgIpc) is 3.05. The van der Waals surface area contributed by atoms with Crippen LogP contribution in [0, 0.1) is 0 Å². The first-order valence-corrected chi connectivity index (χ1v) is 7.04. The molecule has 0 amide bonds. The molecule has 2 atom stereocenters. The van der Waals surface area contributed by atoms with Gasteiger partial charge < -0.3 is 15.8 Å². The number of hydrogen-bond acceptors (Lipinski definition) is 6. The number of nitrogens with two attached hydrogens (primary N) is 1. The zero-order valence-electron chi connectivity index (χ0n) is 11.6. The van der Waals surface area contributed by atoms with Crippen LogP contribution in [-0.4, -0.2) is 48.1 Å². The van der Waals surface area contributed by atoms with E-state index in [0.717, 1.165) is 13.0 Å². The first kappa shape index (κ1) is 13.2. The molecule has 0 aromatic carbocycles. The summed E-state index contributed by atoms with van der Waals surface area (Å²) in [5.74, 6) is 0.147. The number of methoxy groups -OCH3 is 1. The van der Waals surface area contributed by atoms with Gasteiger partial charge in [-0.2, -0.15) is 0 Å². The van der Waals surface area contributed by atoms with Gasteiger partial charge in [0.1, 0.15) is 5.82 Å². The number of fused-ring (bicyclic) bond motifs is 1. The fourth-order valence-corrected chi connectivity index (χ4v) is 3.23. The van der Waals surface area contributed by atoms with Crippen molar-refractivity contribution >= 4 is 17.5 Å². The minimum atomic E-state index is -0.443. The maximum Gasteiger partial charge on any atom is 0.356 e. The summed E-state index contributed by atoms with van der Waals surface area (Å²) in [4.78, 5) is 18.3. The smallest absolute Gasteiger partial charge is 0.356 e. The lowest BCUT2D eigenvalue weighted by molar-refractivity contribution is 0.0594. The summed E-state index contributed by atoms with van der Waals surface area (Å²) >= 11 is 0. The van der Waals surface area contributed by atoms with Crippen LogP contribution in [-0.2, 0) is 4.74 Å². The van der Waals surface area contributed by atoms with E-state index >= 15 is 0 Å². The van der Waals surface area contributed by atoms with Crippen LogP contribution in [0.1, 0.15) is 29.8 Å². The van der Waals surface area contributed by atoms with Crippen LogP contribution in [0.5, 0.6) is 0 Å². The highest BCUT2D eigenvalue weighted by atomic mass is 16.5. The van der Waals surface area contributed by atoms with E-state index in [1.807, 2.05) is 0 Å². The van der Waals surface area contributed by atoms with Crippen molar-refractivity contribution in [2.45, 2.75) is 31.3 Å². The number of anilines is 2. The first-order valence-electron chi connectivity index (χ1n) is 7.04. The van der Waals surface area contributed by atoms with E-state index in [0.29, 0.717) is 23.6 Å². The number of pyridine rings is 1. The van der Waals surface area contributed by atoms with Crippen molar-refractivity contribution in [2.75, 3.05) is 31.2 Å². The molecule has 2 unspecified atom stereocenters. The number of carbonyl (C=O) groups excluding carboxylic acids is 1. The van der Waals surface area contributed by atoms with Crippen LogP contribution in [0.4, 0.5) is 11.5 Å². The standard InChI is InChI=1S/C14H20N4O2/c1-20-14(19)11-5-4-9(15)13(17-11)16-10-6-8-18-7-2-3-12(10)18/h4-5,10,12H,2-3,6-8,15H2,1H3,(H,16,17). The largest absolute Gasteiger partial charge is 0.464 e. The van der Waals surface area contributed by atoms with E-state index in [1.54, 1.807) is 12.1 Å². The number of nitrogen functional groups attached to an aromatic ring is 1. The Bertz CT molecular complexity index is 520. The van der Waals surface area contributed by atoms with Crippen molar-refractivity contribution in [1.82, 2.24) is 9.88 Å². The minimum absolute atomic E-state index is 0.283. The molecule has 0 bridgehead atoms. The first-order chi connectivity index (χ1) is 9.69. The van der Waals surface area contributed by atoms with Gasteiger partial charge >= 0.3 is 5.97 Å². The number of aromatic nitrogens is 1. The number of rotatable bonds is 3. The van der Waals surface area contributed by atoms with Gasteiger partial charge in [0.25, 0.3) is 0 Å². The van der Waals surface area contributed by atoms with Crippen molar-refractivity contribution < 1.29 is 9.53 Å². The third kappa shape index (κ3) is 2.31. The molecule has 3 heterocycles. The molecular formula is C14H20N4O2. The van der Waals surface area contributed by atoms with E-state index in [2.05, 4.69) is 15.2 Å². The Kier molecular flexibility index (Phi) is 3.48. The van der Waals surface area contributed by atoms with Gasteiger partial charge in [-0.3, -0.25) is 4.90 Å². The Morgan fingerprint density at radius 1 is 1.45 bits per heavy atom. The Hall–Kier alpha value is -1.82. The topological polar surface area (TPSA) is 80.5 Å². The lowest BCUT2D eigenvalue weighted by atomic mass is 10.1. The van der Waals surface area contributed by atoms with Crippen molar-refractivity contribution in [3.05, 3.63) is 17.8 Å². The van der Waals surface area contributed by atoms with E-state index in [9.17, 15) is 4.79 Å². The van der Waals surface area contributed by atoms with Crippen LogP contribution in [0.2, 0.25) is 0 Å². The fourth-order valence-electron chi connectivity index (χ4n) is 3.23. The number of esters is 1. The molecule has 0 aliphatic carbocycles. The second-order valence-electron chi connectivity index (χ2n) is 5.41. The molecule has 6 heteroatoms. The quantitative estimate of drug-likeness (QED) is 0.805.